The van der Waals surface area contributed by atoms with Gasteiger partial charge >= 0.3 is 0 Å². The lowest BCUT2D eigenvalue weighted by molar-refractivity contribution is -0.385. The van der Waals surface area contributed by atoms with Crippen LogP contribution < -0.4 is 5.73 Å². The number of fused-ring (bicyclic) bond motifs is 1. The van der Waals surface area contributed by atoms with Gasteiger partial charge in [-0.25, -0.2) is 4.52 Å². The Hall–Kier alpha value is -1.70. The largest absolute Gasteiger partial charge is 0.366 e. The Morgan fingerprint density at radius 2 is 2.36 bits per heavy atom. The third-order valence-corrected chi connectivity index (χ3v) is 2.18. The van der Waals surface area contributed by atoms with E-state index in [1.807, 2.05) is 0 Å². The van der Waals surface area contributed by atoms with Gasteiger partial charge in [0.2, 0.25) is 5.95 Å². The highest BCUT2D eigenvalue weighted by molar-refractivity contribution is 9.10. The summed E-state index contributed by atoms with van der Waals surface area (Å²) in [7, 11) is 0. The SMILES string of the molecule is Nc1nc2c(Br)cc([N+](=O)[O-])cn2n1. The molecule has 7 nitrogen and oxygen atoms in total. The number of nitrogens with zero attached hydrogens (tertiary/aromatic N) is 4. The number of halogens is 1. The summed E-state index contributed by atoms with van der Waals surface area (Å²) in [5.74, 6) is 0.0752. The summed E-state index contributed by atoms with van der Waals surface area (Å²) in [5, 5.41) is 14.3. The van der Waals surface area contributed by atoms with E-state index in [0.717, 1.165) is 0 Å². The lowest BCUT2D eigenvalue weighted by Gasteiger charge is -1.94. The highest BCUT2D eigenvalue weighted by Crippen LogP contribution is 2.22. The Morgan fingerprint density at radius 1 is 1.64 bits per heavy atom. The van der Waals surface area contributed by atoms with Crippen molar-refractivity contribution in [3.63, 3.8) is 0 Å². The third kappa shape index (κ3) is 1.29. The van der Waals surface area contributed by atoms with Crippen LogP contribution >= 0.6 is 15.9 Å². The maximum atomic E-state index is 10.5. The molecular weight excluding hydrogens is 254 g/mol. The molecule has 0 aliphatic carbocycles. The molecule has 0 unspecified atom stereocenters. The minimum absolute atomic E-state index is 0.0747. The first-order chi connectivity index (χ1) is 6.58. The summed E-state index contributed by atoms with van der Waals surface area (Å²) in [4.78, 5) is 13.9. The quantitative estimate of drug-likeness (QED) is 0.607. The van der Waals surface area contributed by atoms with E-state index in [1.54, 1.807) is 0 Å². The van der Waals surface area contributed by atoms with Gasteiger partial charge in [-0.1, -0.05) is 0 Å². The summed E-state index contributed by atoms with van der Waals surface area (Å²) in [6.07, 6.45) is 1.25. The second-order valence-electron chi connectivity index (χ2n) is 2.54. The van der Waals surface area contributed by atoms with Crippen LogP contribution in [0.1, 0.15) is 0 Å². The molecule has 2 N–H and O–H groups in total. The zero-order valence-electron chi connectivity index (χ0n) is 6.72. The van der Waals surface area contributed by atoms with Gasteiger partial charge in [0.1, 0.15) is 6.20 Å². The van der Waals surface area contributed by atoms with Gasteiger partial charge in [-0.05, 0) is 15.9 Å². The Labute approximate surface area is 85.8 Å². The predicted molar refractivity (Wildman–Crippen MR) is 51.8 cm³/mol. The first kappa shape index (κ1) is 8.88. The molecule has 2 rings (SSSR count). The molecule has 0 atom stereocenters. The Kier molecular flexibility index (Phi) is 1.84. The van der Waals surface area contributed by atoms with Crippen molar-refractivity contribution in [3.8, 4) is 0 Å². The van der Waals surface area contributed by atoms with Crippen molar-refractivity contribution in [2.24, 2.45) is 0 Å². The fourth-order valence-electron chi connectivity index (χ4n) is 1.05. The highest BCUT2D eigenvalue weighted by atomic mass is 79.9. The van der Waals surface area contributed by atoms with Gasteiger partial charge in [0.25, 0.3) is 5.69 Å². The molecule has 0 aliphatic heterocycles. The van der Waals surface area contributed by atoms with Crippen LogP contribution in [0.3, 0.4) is 0 Å². The minimum Gasteiger partial charge on any atom is -0.366 e. The standard InChI is InChI=1S/C6H4BrN5O2/c7-4-1-3(12(13)14)2-11-5(4)9-6(8)10-11/h1-2H,(H2,8,10). The second-order valence-corrected chi connectivity index (χ2v) is 3.40. The van der Waals surface area contributed by atoms with Crippen LogP contribution in [0.4, 0.5) is 11.6 Å². The molecule has 0 radical (unpaired) electrons. The van der Waals surface area contributed by atoms with E-state index in [4.69, 9.17) is 5.73 Å². The smallest absolute Gasteiger partial charge is 0.288 e. The number of pyridine rings is 1. The van der Waals surface area contributed by atoms with E-state index in [9.17, 15) is 10.1 Å². The molecule has 0 saturated carbocycles. The molecule has 0 spiro atoms. The molecule has 14 heavy (non-hydrogen) atoms. The number of hydrogen-bond acceptors (Lipinski definition) is 5. The maximum Gasteiger partial charge on any atom is 0.288 e. The highest BCUT2D eigenvalue weighted by Gasteiger charge is 2.12. The van der Waals surface area contributed by atoms with Crippen LogP contribution in [0.5, 0.6) is 0 Å². The summed E-state index contributed by atoms with van der Waals surface area (Å²) in [5.41, 5.74) is 5.73. The van der Waals surface area contributed by atoms with Crippen molar-refractivity contribution >= 4 is 33.2 Å². The van der Waals surface area contributed by atoms with Gasteiger partial charge in [0.05, 0.1) is 9.40 Å². The van der Waals surface area contributed by atoms with Crippen molar-refractivity contribution in [3.05, 3.63) is 26.9 Å². The average Bonchev–Trinajstić information content (AvgIpc) is 2.45. The fourth-order valence-corrected chi connectivity index (χ4v) is 1.55. The number of nitrogen functional groups attached to an aromatic ring is 1. The fraction of sp³-hybridized carbons (Fsp3) is 0. The van der Waals surface area contributed by atoms with Gasteiger partial charge in [-0.15, -0.1) is 5.10 Å². The Bertz CT molecular complexity index is 522. The topological polar surface area (TPSA) is 99.3 Å². The summed E-state index contributed by atoms with van der Waals surface area (Å²) in [6.45, 7) is 0. The first-order valence-corrected chi connectivity index (χ1v) is 4.33. The first-order valence-electron chi connectivity index (χ1n) is 3.54. The van der Waals surface area contributed by atoms with Crippen molar-refractivity contribution in [2.45, 2.75) is 0 Å². The summed E-state index contributed by atoms with van der Waals surface area (Å²) >= 11 is 3.15. The molecule has 0 saturated heterocycles. The zero-order valence-corrected chi connectivity index (χ0v) is 8.30. The van der Waals surface area contributed by atoms with Crippen molar-refractivity contribution < 1.29 is 4.92 Å². The lowest BCUT2D eigenvalue weighted by Crippen LogP contribution is -1.94. The third-order valence-electron chi connectivity index (χ3n) is 1.60. The van der Waals surface area contributed by atoms with Gasteiger partial charge in [0.15, 0.2) is 5.65 Å². The van der Waals surface area contributed by atoms with Crippen molar-refractivity contribution in [1.82, 2.24) is 14.6 Å². The van der Waals surface area contributed by atoms with Crippen LogP contribution in [-0.2, 0) is 0 Å². The van der Waals surface area contributed by atoms with E-state index < -0.39 is 4.92 Å². The Morgan fingerprint density at radius 3 is 3.00 bits per heavy atom. The summed E-state index contributed by atoms with van der Waals surface area (Å²) < 4.78 is 1.74. The Balaban J connectivity index is 2.77. The van der Waals surface area contributed by atoms with E-state index in [0.29, 0.717) is 10.1 Å². The number of anilines is 1. The number of nitrogens with two attached hydrogens (primary N) is 1. The normalized spacial score (nSPS) is 10.6. The molecule has 0 bridgehead atoms. The predicted octanol–water partition coefficient (Wildman–Crippen LogP) is 0.982. The number of nitro groups is 1. The van der Waals surface area contributed by atoms with Crippen molar-refractivity contribution in [1.29, 1.82) is 0 Å². The molecule has 2 aromatic rings. The summed E-state index contributed by atoms with van der Waals surface area (Å²) in [6, 6.07) is 1.35. The molecule has 0 amide bonds. The van der Waals surface area contributed by atoms with Crippen LogP contribution in [0.15, 0.2) is 16.7 Å². The van der Waals surface area contributed by atoms with E-state index in [2.05, 4.69) is 26.0 Å². The number of hydrogen-bond donors (Lipinski definition) is 1. The van der Waals surface area contributed by atoms with Crippen molar-refractivity contribution in [2.75, 3.05) is 5.73 Å². The van der Waals surface area contributed by atoms with Gasteiger partial charge in [-0.3, -0.25) is 10.1 Å². The monoisotopic (exact) mass is 257 g/mol. The number of aromatic nitrogens is 3. The molecule has 0 fully saturated rings. The molecule has 0 aromatic carbocycles. The minimum atomic E-state index is -0.512. The lowest BCUT2D eigenvalue weighted by atomic mass is 10.4. The van der Waals surface area contributed by atoms with Gasteiger partial charge in [0, 0.05) is 6.07 Å². The van der Waals surface area contributed by atoms with Crippen LogP contribution in [-0.4, -0.2) is 19.5 Å². The van der Waals surface area contributed by atoms with Gasteiger partial charge in [-0.2, -0.15) is 4.98 Å². The van der Waals surface area contributed by atoms with Crippen LogP contribution in [0.25, 0.3) is 5.65 Å². The molecule has 2 heterocycles. The van der Waals surface area contributed by atoms with E-state index in [-0.39, 0.29) is 11.6 Å². The molecule has 2 aromatic heterocycles. The molecule has 0 aliphatic rings. The molecule has 8 heteroatoms. The number of rotatable bonds is 1. The maximum absolute atomic E-state index is 10.5. The van der Waals surface area contributed by atoms with Crippen LogP contribution in [0, 0.1) is 10.1 Å². The average molecular weight is 258 g/mol. The molecular formula is C6H4BrN5O2. The van der Waals surface area contributed by atoms with E-state index in [1.165, 1.54) is 16.8 Å². The van der Waals surface area contributed by atoms with Crippen LogP contribution in [0.2, 0.25) is 0 Å². The van der Waals surface area contributed by atoms with Gasteiger partial charge < -0.3 is 5.73 Å². The molecule has 72 valence electrons. The zero-order chi connectivity index (χ0) is 10.3. The van der Waals surface area contributed by atoms with E-state index >= 15 is 0 Å². The second kappa shape index (κ2) is 2.91.